The van der Waals surface area contributed by atoms with E-state index in [2.05, 4.69) is 31.0 Å². The topological polar surface area (TPSA) is 24.5 Å². The number of ether oxygens (including phenoxy) is 1. The maximum atomic E-state index is 5.64. The zero-order valence-corrected chi connectivity index (χ0v) is 11.6. The van der Waals surface area contributed by atoms with Gasteiger partial charge >= 0.3 is 0 Å². The van der Waals surface area contributed by atoms with E-state index >= 15 is 0 Å². The number of hydrogen-bond donors (Lipinski definition) is 1. The first kappa shape index (κ1) is 13.3. The van der Waals surface area contributed by atoms with Crippen molar-refractivity contribution in [3.8, 4) is 0 Å². The zero-order valence-electron chi connectivity index (χ0n) is 11.6. The highest BCUT2D eigenvalue weighted by Crippen LogP contribution is 2.24. The van der Waals surface area contributed by atoms with Crippen molar-refractivity contribution in [1.82, 2.24) is 10.2 Å². The summed E-state index contributed by atoms with van der Waals surface area (Å²) in [4.78, 5) is 2.64. The van der Waals surface area contributed by atoms with Crippen molar-refractivity contribution in [2.45, 2.75) is 45.8 Å². The van der Waals surface area contributed by atoms with E-state index in [1.54, 1.807) is 0 Å². The summed E-state index contributed by atoms with van der Waals surface area (Å²) in [6.07, 6.45) is 3.09. The van der Waals surface area contributed by atoms with Gasteiger partial charge in [-0.1, -0.05) is 13.8 Å². The van der Waals surface area contributed by atoms with Crippen molar-refractivity contribution in [3.63, 3.8) is 0 Å². The molecule has 17 heavy (non-hydrogen) atoms. The molecule has 0 aromatic heterocycles. The number of hydrogen-bond acceptors (Lipinski definition) is 3. The Balaban J connectivity index is 1.67. The molecule has 3 atom stereocenters. The molecule has 3 unspecified atom stereocenters. The van der Waals surface area contributed by atoms with E-state index < -0.39 is 0 Å². The maximum Gasteiger partial charge on any atom is 0.0588 e. The van der Waals surface area contributed by atoms with Gasteiger partial charge in [-0.25, -0.2) is 0 Å². The summed E-state index contributed by atoms with van der Waals surface area (Å²) in [7, 11) is 0. The van der Waals surface area contributed by atoms with Crippen LogP contribution < -0.4 is 5.32 Å². The predicted molar refractivity (Wildman–Crippen MR) is 71.2 cm³/mol. The van der Waals surface area contributed by atoms with Gasteiger partial charge in [-0.2, -0.15) is 0 Å². The van der Waals surface area contributed by atoms with Crippen LogP contribution in [0.15, 0.2) is 0 Å². The molecule has 0 aromatic rings. The summed E-state index contributed by atoms with van der Waals surface area (Å²) in [6.45, 7) is 12.7. The smallest absolute Gasteiger partial charge is 0.0588 e. The van der Waals surface area contributed by atoms with Gasteiger partial charge in [-0.05, 0) is 44.7 Å². The molecule has 2 aliphatic rings. The van der Waals surface area contributed by atoms with E-state index in [0.29, 0.717) is 12.1 Å². The van der Waals surface area contributed by atoms with E-state index in [4.69, 9.17) is 4.74 Å². The van der Waals surface area contributed by atoms with Crippen molar-refractivity contribution in [3.05, 3.63) is 0 Å². The first-order valence-corrected chi connectivity index (χ1v) is 7.22. The quantitative estimate of drug-likeness (QED) is 0.792. The van der Waals surface area contributed by atoms with Crippen LogP contribution in [0.1, 0.15) is 33.6 Å². The average molecular weight is 240 g/mol. The van der Waals surface area contributed by atoms with Crippen molar-refractivity contribution in [1.29, 1.82) is 0 Å². The van der Waals surface area contributed by atoms with Crippen LogP contribution >= 0.6 is 0 Å². The Morgan fingerprint density at radius 3 is 2.82 bits per heavy atom. The van der Waals surface area contributed by atoms with Gasteiger partial charge in [-0.3, -0.25) is 0 Å². The molecule has 2 fully saturated rings. The molecule has 1 N–H and O–H groups in total. The molecular formula is C14H28N2O. The Hall–Kier alpha value is -0.120. The van der Waals surface area contributed by atoms with Crippen molar-refractivity contribution in [2.75, 3.05) is 32.8 Å². The van der Waals surface area contributed by atoms with Gasteiger partial charge in [0.15, 0.2) is 0 Å². The van der Waals surface area contributed by atoms with E-state index in [1.165, 1.54) is 39.0 Å². The largest absolute Gasteiger partial charge is 0.378 e. The monoisotopic (exact) mass is 240 g/mol. The second-order valence-electron chi connectivity index (χ2n) is 6.10. The summed E-state index contributed by atoms with van der Waals surface area (Å²) in [5.74, 6) is 1.63. The van der Waals surface area contributed by atoms with Gasteiger partial charge in [0.2, 0.25) is 0 Å². The Bertz CT molecular complexity index is 232. The van der Waals surface area contributed by atoms with Crippen LogP contribution in [0.2, 0.25) is 0 Å². The lowest BCUT2D eigenvalue weighted by Crippen LogP contribution is -2.33. The molecule has 3 heteroatoms. The van der Waals surface area contributed by atoms with Crippen LogP contribution in [0.4, 0.5) is 0 Å². The van der Waals surface area contributed by atoms with E-state index in [0.717, 1.165) is 18.4 Å². The number of likely N-dealkylation sites (tertiary alicyclic amines) is 1. The molecule has 2 saturated heterocycles. The summed E-state index contributed by atoms with van der Waals surface area (Å²) in [6, 6.07) is 0.618. The molecule has 2 rings (SSSR count). The average Bonchev–Trinajstić information content (AvgIpc) is 2.87. The molecule has 2 heterocycles. The molecule has 2 aliphatic heterocycles. The predicted octanol–water partition coefficient (Wildman–Crippen LogP) is 1.73. The lowest BCUT2D eigenvalue weighted by molar-refractivity contribution is 0.0952. The van der Waals surface area contributed by atoms with Gasteiger partial charge in [0.05, 0.1) is 6.10 Å². The first-order chi connectivity index (χ1) is 8.15. The highest BCUT2D eigenvalue weighted by atomic mass is 16.5. The van der Waals surface area contributed by atoms with Crippen molar-refractivity contribution in [2.24, 2.45) is 11.8 Å². The minimum atomic E-state index is 0.475. The summed E-state index contributed by atoms with van der Waals surface area (Å²) < 4.78 is 5.64. The molecule has 3 nitrogen and oxygen atoms in total. The number of nitrogens with zero attached hydrogens (tertiary/aromatic N) is 1. The van der Waals surface area contributed by atoms with E-state index in [1.807, 2.05) is 0 Å². The number of rotatable bonds is 5. The van der Waals surface area contributed by atoms with Gasteiger partial charge < -0.3 is 15.0 Å². The molecule has 0 radical (unpaired) electrons. The summed E-state index contributed by atoms with van der Waals surface area (Å²) in [5, 5.41) is 3.56. The van der Waals surface area contributed by atoms with Crippen LogP contribution in [0, 0.1) is 11.8 Å². The second kappa shape index (κ2) is 6.17. The van der Waals surface area contributed by atoms with E-state index in [9.17, 15) is 0 Å². The lowest BCUT2D eigenvalue weighted by Gasteiger charge is -2.22. The molecule has 0 saturated carbocycles. The SMILES string of the molecule is CC(C)NCC1CCN(CC2CCOC2C)C1. The minimum Gasteiger partial charge on any atom is -0.378 e. The third-order valence-corrected chi connectivity index (χ3v) is 4.21. The van der Waals surface area contributed by atoms with Gasteiger partial charge in [0.1, 0.15) is 0 Å². The molecule has 0 bridgehead atoms. The fourth-order valence-electron chi connectivity index (χ4n) is 3.00. The lowest BCUT2D eigenvalue weighted by atomic mass is 10.0. The van der Waals surface area contributed by atoms with Crippen molar-refractivity contribution >= 4 is 0 Å². The summed E-state index contributed by atoms with van der Waals surface area (Å²) >= 11 is 0. The van der Waals surface area contributed by atoms with Crippen LogP contribution in [-0.2, 0) is 4.74 Å². The molecule has 0 spiro atoms. The minimum absolute atomic E-state index is 0.475. The summed E-state index contributed by atoms with van der Waals surface area (Å²) in [5.41, 5.74) is 0. The Morgan fingerprint density at radius 2 is 2.18 bits per heavy atom. The third-order valence-electron chi connectivity index (χ3n) is 4.21. The fraction of sp³-hybridized carbons (Fsp3) is 1.00. The fourth-order valence-corrected chi connectivity index (χ4v) is 3.00. The van der Waals surface area contributed by atoms with E-state index in [-0.39, 0.29) is 0 Å². The number of nitrogens with one attached hydrogen (secondary N) is 1. The van der Waals surface area contributed by atoms with Gasteiger partial charge in [0, 0.05) is 25.7 Å². The highest BCUT2D eigenvalue weighted by Gasteiger charge is 2.29. The molecule has 0 aliphatic carbocycles. The standard InChI is InChI=1S/C14H28N2O/c1-11(2)15-8-13-4-6-16(9-13)10-14-5-7-17-12(14)3/h11-15H,4-10H2,1-3H3. The Kier molecular flexibility index (Phi) is 4.83. The van der Waals surface area contributed by atoms with Crippen LogP contribution in [0.5, 0.6) is 0 Å². The van der Waals surface area contributed by atoms with Crippen LogP contribution in [0.3, 0.4) is 0 Å². The Morgan fingerprint density at radius 1 is 1.35 bits per heavy atom. The van der Waals surface area contributed by atoms with Gasteiger partial charge in [-0.15, -0.1) is 0 Å². The van der Waals surface area contributed by atoms with Crippen LogP contribution in [0.25, 0.3) is 0 Å². The molecular weight excluding hydrogens is 212 g/mol. The molecule has 0 amide bonds. The van der Waals surface area contributed by atoms with Gasteiger partial charge in [0.25, 0.3) is 0 Å². The van der Waals surface area contributed by atoms with Crippen LogP contribution in [-0.4, -0.2) is 49.8 Å². The first-order valence-electron chi connectivity index (χ1n) is 7.22. The Labute approximate surface area is 106 Å². The van der Waals surface area contributed by atoms with Crippen molar-refractivity contribution < 1.29 is 4.74 Å². The molecule has 100 valence electrons. The third kappa shape index (κ3) is 3.94. The normalized spacial score (nSPS) is 34.9. The second-order valence-corrected chi connectivity index (χ2v) is 6.10. The maximum absolute atomic E-state index is 5.64. The molecule has 0 aromatic carbocycles. The highest BCUT2D eigenvalue weighted by molar-refractivity contribution is 4.82. The zero-order chi connectivity index (χ0) is 12.3.